The van der Waals surface area contributed by atoms with Crippen LogP contribution in [-0.2, 0) is 0 Å². The maximum atomic E-state index is 12.6. The van der Waals surface area contributed by atoms with Crippen LogP contribution < -0.4 is 10.6 Å². The minimum atomic E-state index is -0.294. The Morgan fingerprint density at radius 3 is 2.53 bits per heavy atom. The van der Waals surface area contributed by atoms with E-state index in [-0.39, 0.29) is 23.6 Å². The van der Waals surface area contributed by atoms with Crippen LogP contribution in [0.5, 0.6) is 5.75 Å². The molecule has 0 unspecified atom stereocenters. The fraction of sp³-hybridized carbons (Fsp3) is 0.292. The van der Waals surface area contributed by atoms with Gasteiger partial charge in [0, 0.05) is 34.3 Å². The van der Waals surface area contributed by atoms with Gasteiger partial charge in [0.15, 0.2) is 0 Å². The molecule has 32 heavy (non-hydrogen) atoms. The van der Waals surface area contributed by atoms with Gasteiger partial charge in [-0.25, -0.2) is 4.79 Å². The SMILES string of the molecule is CCNC(=O)n1nc(-c2cc(NC(=O)c3ccc(Cl)cc3)ccc2O)cc1C1CCCC1. The molecular formula is C24H25ClN4O3. The minimum absolute atomic E-state index is 0.0213. The van der Waals surface area contributed by atoms with Gasteiger partial charge in [0.1, 0.15) is 5.75 Å². The molecule has 0 aliphatic heterocycles. The molecule has 3 N–H and O–H groups in total. The van der Waals surface area contributed by atoms with E-state index >= 15 is 0 Å². The Bertz CT molecular complexity index is 1130. The van der Waals surface area contributed by atoms with Gasteiger partial charge in [0.05, 0.1) is 11.4 Å². The number of aromatic nitrogens is 2. The van der Waals surface area contributed by atoms with E-state index in [1.807, 2.05) is 13.0 Å². The zero-order valence-corrected chi connectivity index (χ0v) is 18.5. The summed E-state index contributed by atoms with van der Waals surface area (Å²) in [6, 6.07) is 12.9. The number of halogens is 1. The molecule has 0 bridgehead atoms. The molecule has 3 aromatic rings. The highest BCUT2D eigenvalue weighted by molar-refractivity contribution is 6.30. The van der Waals surface area contributed by atoms with Crippen LogP contribution in [0.4, 0.5) is 10.5 Å². The molecule has 2 aromatic carbocycles. The predicted octanol–water partition coefficient (Wildman–Crippen LogP) is 5.40. The first kappa shape index (κ1) is 21.9. The van der Waals surface area contributed by atoms with E-state index in [4.69, 9.17) is 11.6 Å². The second-order valence-corrected chi connectivity index (χ2v) is 8.31. The molecule has 1 saturated carbocycles. The van der Waals surface area contributed by atoms with Crippen LogP contribution in [0, 0.1) is 0 Å². The molecule has 1 heterocycles. The number of aromatic hydroxyl groups is 1. The third-order valence-electron chi connectivity index (χ3n) is 5.67. The second-order valence-electron chi connectivity index (χ2n) is 7.88. The lowest BCUT2D eigenvalue weighted by atomic mass is 10.0. The molecule has 166 valence electrons. The summed E-state index contributed by atoms with van der Waals surface area (Å²) in [5, 5.41) is 21.2. The average molecular weight is 453 g/mol. The predicted molar refractivity (Wildman–Crippen MR) is 124 cm³/mol. The van der Waals surface area contributed by atoms with Crippen molar-refractivity contribution >= 4 is 29.2 Å². The minimum Gasteiger partial charge on any atom is -0.507 e. The van der Waals surface area contributed by atoms with Gasteiger partial charge >= 0.3 is 6.03 Å². The summed E-state index contributed by atoms with van der Waals surface area (Å²) in [5.74, 6) is -0.0143. The van der Waals surface area contributed by atoms with Crippen molar-refractivity contribution in [3.8, 4) is 17.0 Å². The maximum absolute atomic E-state index is 12.6. The van der Waals surface area contributed by atoms with E-state index < -0.39 is 0 Å². The lowest BCUT2D eigenvalue weighted by molar-refractivity contribution is 0.102. The zero-order valence-electron chi connectivity index (χ0n) is 17.8. The number of carbonyl (C=O) groups is 2. The summed E-state index contributed by atoms with van der Waals surface area (Å²) >= 11 is 5.89. The lowest BCUT2D eigenvalue weighted by Gasteiger charge is -2.11. The summed E-state index contributed by atoms with van der Waals surface area (Å²) in [4.78, 5) is 25.2. The van der Waals surface area contributed by atoms with Crippen LogP contribution in [0.1, 0.15) is 54.6 Å². The molecule has 1 aromatic heterocycles. The first-order chi connectivity index (χ1) is 15.5. The fourth-order valence-corrected chi connectivity index (χ4v) is 4.18. The highest BCUT2D eigenvalue weighted by Crippen LogP contribution is 2.38. The molecular weight excluding hydrogens is 428 g/mol. The van der Waals surface area contributed by atoms with Crippen molar-refractivity contribution in [2.24, 2.45) is 0 Å². The molecule has 1 aliphatic rings. The van der Waals surface area contributed by atoms with Gasteiger partial charge in [-0.3, -0.25) is 4.79 Å². The topological polar surface area (TPSA) is 96.3 Å². The number of nitrogens with zero attached hydrogens (tertiary/aromatic N) is 2. The van der Waals surface area contributed by atoms with Gasteiger partial charge in [0.25, 0.3) is 5.91 Å². The van der Waals surface area contributed by atoms with Gasteiger partial charge in [-0.2, -0.15) is 9.78 Å². The van der Waals surface area contributed by atoms with Crippen molar-refractivity contribution in [1.29, 1.82) is 0 Å². The Balaban J connectivity index is 1.65. The van der Waals surface area contributed by atoms with E-state index in [2.05, 4.69) is 15.7 Å². The maximum Gasteiger partial charge on any atom is 0.342 e. The first-order valence-electron chi connectivity index (χ1n) is 10.7. The van der Waals surface area contributed by atoms with Gasteiger partial charge in [0.2, 0.25) is 0 Å². The smallest absolute Gasteiger partial charge is 0.342 e. The number of nitrogens with one attached hydrogen (secondary N) is 2. The number of phenolic OH excluding ortho intramolecular Hbond substituents is 1. The Hall–Kier alpha value is -3.32. The first-order valence-corrected chi connectivity index (χ1v) is 11.1. The number of benzene rings is 2. The highest BCUT2D eigenvalue weighted by atomic mass is 35.5. The van der Waals surface area contributed by atoms with Gasteiger partial charge in [-0.15, -0.1) is 0 Å². The number of hydrogen-bond acceptors (Lipinski definition) is 4. The molecule has 1 aliphatic carbocycles. The Kier molecular flexibility index (Phi) is 6.46. The van der Waals surface area contributed by atoms with E-state index in [0.29, 0.717) is 34.1 Å². The summed E-state index contributed by atoms with van der Waals surface area (Å²) < 4.78 is 1.41. The second kappa shape index (κ2) is 9.44. The van der Waals surface area contributed by atoms with Crippen LogP contribution in [0.2, 0.25) is 5.02 Å². The summed E-state index contributed by atoms with van der Waals surface area (Å²) in [6.07, 6.45) is 4.26. The molecule has 7 nitrogen and oxygen atoms in total. The number of anilines is 1. The quantitative estimate of drug-likeness (QED) is 0.452. The van der Waals surface area contributed by atoms with Crippen LogP contribution in [-0.4, -0.2) is 33.4 Å². The summed E-state index contributed by atoms with van der Waals surface area (Å²) in [6.45, 7) is 2.35. The Morgan fingerprint density at radius 1 is 1.12 bits per heavy atom. The molecule has 1 fully saturated rings. The van der Waals surface area contributed by atoms with Gasteiger partial charge in [-0.1, -0.05) is 24.4 Å². The van der Waals surface area contributed by atoms with Crippen molar-refractivity contribution < 1.29 is 14.7 Å². The van der Waals surface area contributed by atoms with Crippen molar-refractivity contribution in [2.45, 2.75) is 38.5 Å². The highest BCUT2D eigenvalue weighted by Gasteiger charge is 2.26. The molecule has 0 atom stereocenters. The van der Waals surface area contributed by atoms with Crippen molar-refractivity contribution in [2.75, 3.05) is 11.9 Å². The number of carbonyl (C=O) groups excluding carboxylic acids is 2. The summed E-state index contributed by atoms with van der Waals surface area (Å²) in [7, 11) is 0. The standard InChI is InChI=1S/C24H25ClN4O3/c1-2-26-24(32)29-21(15-5-3-4-6-15)14-20(28-29)19-13-18(11-12-22(19)30)27-23(31)16-7-9-17(25)10-8-16/h7-15,30H,2-6H2,1H3,(H,26,32)(H,27,31). The van der Waals surface area contributed by atoms with Gasteiger partial charge < -0.3 is 15.7 Å². The van der Waals surface area contributed by atoms with Crippen LogP contribution in [0.25, 0.3) is 11.3 Å². The van der Waals surface area contributed by atoms with Crippen molar-refractivity contribution in [1.82, 2.24) is 15.1 Å². The third-order valence-corrected chi connectivity index (χ3v) is 5.92. The zero-order chi connectivity index (χ0) is 22.7. The monoisotopic (exact) mass is 452 g/mol. The average Bonchev–Trinajstić information content (AvgIpc) is 3.45. The number of hydrogen-bond donors (Lipinski definition) is 3. The molecule has 4 rings (SSSR count). The van der Waals surface area contributed by atoms with E-state index in [1.165, 1.54) is 10.7 Å². The van der Waals surface area contributed by atoms with E-state index in [1.54, 1.807) is 36.4 Å². The normalized spacial score (nSPS) is 13.8. The number of amides is 2. The molecule has 0 saturated heterocycles. The van der Waals surface area contributed by atoms with Crippen molar-refractivity contribution in [3.05, 3.63) is 64.8 Å². The van der Waals surface area contributed by atoms with Crippen LogP contribution in [0.15, 0.2) is 48.5 Å². The molecule has 0 spiro atoms. The number of rotatable bonds is 5. The Morgan fingerprint density at radius 2 is 1.84 bits per heavy atom. The molecule has 0 radical (unpaired) electrons. The Labute approximate surface area is 191 Å². The third kappa shape index (κ3) is 4.62. The van der Waals surface area contributed by atoms with E-state index in [9.17, 15) is 14.7 Å². The van der Waals surface area contributed by atoms with Crippen LogP contribution in [0.3, 0.4) is 0 Å². The lowest BCUT2D eigenvalue weighted by Crippen LogP contribution is -2.30. The largest absolute Gasteiger partial charge is 0.507 e. The fourth-order valence-electron chi connectivity index (χ4n) is 4.05. The van der Waals surface area contributed by atoms with Crippen LogP contribution >= 0.6 is 11.6 Å². The van der Waals surface area contributed by atoms with E-state index in [0.717, 1.165) is 31.4 Å². The molecule has 8 heteroatoms. The summed E-state index contributed by atoms with van der Waals surface area (Å²) in [5.41, 5.74) is 2.75. The van der Waals surface area contributed by atoms with Gasteiger partial charge in [-0.05, 0) is 68.3 Å². The van der Waals surface area contributed by atoms with Crippen molar-refractivity contribution in [3.63, 3.8) is 0 Å². The number of phenols is 1. The molecule has 2 amide bonds.